The predicted octanol–water partition coefficient (Wildman–Crippen LogP) is 4.94. The summed E-state index contributed by atoms with van der Waals surface area (Å²) in [4.78, 5) is 0. The molecule has 17 heavy (non-hydrogen) atoms. The van der Waals surface area contributed by atoms with Gasteiger partial charge in [-0.2, -0.15) is 13.2 Å². The summed E-state index contributed by atoms with van der Waals surface area (Å²) in [6.45, 7) is 0. The average molecular weight is 300 g/mol. The van der Waals surface area contributed by atoms with Crippen molar-refractivity contribution in [1.82, 2.24) is 0 Å². The highest BCUT2D eigenvalue weighted by molar-refractivity contribution is 9.10. The van der Waals surface area contributed by atoms with Crippen LogP contribution in [0.5, 0.6) is 0 Å². The normalized spacial score (nSPS) is 11.5. The van der Waals surface area contributed by atoms with Gasteiger partial charge < -0.3 is 0 Å². The van der Waals surface area contributed by atoms with Gasteiger partial charge in [-0.05, 0) is 23.3 Å². The summed E-state index contributed by atoms with van der Waals surface area (Å²) in [6, 6.07) is 13.3. The number of rotatable bonds is 1. The first kappa shape index (κ1) is 12.2. The molecular weight excluding hydrogens is 293 g/mol. The van der Waals surface area contributed by atoms with E-state index in [1.165, 1.54) is 12.1 Å². The molecule has 2 aromatic rings. The zero-order valence-electron chi connectivity index (χ0n) is 8.55. The van der Waals surface area contributed by atoms with E-state index in [2.05, 4.69) is 22.0 Å². The van der Waals surface area contributed by atoms with E-state index >= 15 is 0 Å². The Labute approximate surface area is 105 Å². The summed E-state index contributed by atoms with van der Waals surface area (Å²) in [5.41, 5.74) is -0.101. The first-order chi connectivity index (χ1) is 8.00. The van der Waals surface area contributed by atoms with Crippen LogP contribution in [0.1, 0.15) is 5.56 Å². The van der Waals surface area contributed by atoms with Crippen LogP contribution in [0.4, 0.5) is 13.2 Å². The van der Waals surface area contributed by atoms with Crippen molar-refractivity contribution in [3.63, 3.8) is 0 Å². The van der Waals surface area contributed by atoms with Crippen molar-refractivity contribution >= 4 is 15.9 Å². The van der Waals surface area contributed by atoms with Crippen LogP contribution in [-0.2, 0) is 6.18 Å². The topological polar surface area (TPSA) is 0 Å². The zero-order valence-corrected chi connectivity index (χ0v) is 10.1. The minimum absolute atomic E-state index is 0.132. The molecule has 0 heterocycles. The fourth-order valence-corrected chi connectivity index (χ4v) is 2.07. The van der Waals surface area contributed by atoms with E-state index in [9.17, 15) is 13.2 Å². The number of alkyl halides is 3. The Balaban J connectivity index is 2.65. The molecule has 87 valence electrons. The molecular formula is C13H7BrF3. The monoisotopic (exact) mass is 299 g/mol. The van der Waals surface area contributed by atoms with Gasteiger partial charge in [0.15, 0.2) is 0 Å². The van der Waals surface area contributed by atoms with Gasteiger partial charge in [0, 0.05) is 4.47 Å². The third kappa shape index (κ3) is 2.52. The minimum atomic E-state index is -4.40. The lowest BCUT2D eigenvalue weighted by atomic mass is 9.99. The molecule has 2 rings (SSSR count). The second-order valence-corrected chi connectivity index (χ2v) is 4.29. The Kier molecular flexibility index (Phi) is 3.24. The fourth-order valence-electron chi connectivity index (χ4n) is 1.58. The van der Waals surface area contributed by atoms with E-state index < -0.39 is 11.7 Å². The molecule has 0 bridgehead atoms. The fraction of sp³-hybridized carbons (Fsp3) is 0.0769. The van der Waals surface area contributed by atoms with Crippen LogP contribution in [0, 0.1) is 6.07 Å². The molecule has 1 radical (unpaired) electrons. The van der Waals surface area contributed by atoms with Crippen LogP contribution in [0.3, 0.4) is 0 Å². The lowest BCUT2D eigenvalue weighted by Crippen LogP contribution is -2.07. The molecule has 0 aliphatic heterocycles. The number of benzene rings is 2. The lowest BCUT2D eigenvalue weighted by molar-refractivity contribution is -0.137. The maximum atomic E-state index is 12.8. The molecule has 0 amide bonds. The molecule has 2 aromatic carbocycles. The molecule has 0 N–H and O–H groups in total. The smallest absolute Gasteiger partial charge is 0.166 e. The van der Waals surface area contributed by atoms with Gasteiger partial charge in [-0.25, -0.2) is 0 Å². The van der Waals surface area contributed by atoms with E-state index in [0.717, 1.165) is 0 Å². The van der Waals surface area contributed by atoms with Crippen molar-refractivity contribution in [2.75, 3.05) is 0 Å². The summed E-state index contributed by atoms with van der Waals surface area (Å²) in [5, 5.41) is 0. The number of halogens is 4. The van der Waals surface area contributed by atoms with Crippen molar-refractivity contribution in [2.45, 2.75) is 6.18 Å². The average Bonchev–Trinajstić information content (AvgIpc) is 2.28. The Morgan fingerprint density at radius 3 is 2.24 bits per heavy atom. The highest BCUT2D eigenvalue weighted by Crippen LogP contribution is 2.38. The van der Waals surface area contributed by atoms with Gasteiger partial charge in [0.2, 0.25) is 0 Å². The van der Waals surface area contributed by atoms with Gasteiger partial charge >= 0.3 is 6.18 Å². The number of hydrogen-bond acceptors (Lipinski definition) is 0. The van der Waals surface area contributed by atoms with Crippen molar-refractivity contribution in [3.05, 3.63) is 58.6 Å². The summed E-state index contributed by atoms with van der Waals surface area (Å²) < 4.78 is 39.1. The number of hydrogen-bond donors (Lipinski definition) is 0. The van der Waals surface area contributed by atoms with Crippen LogP contribution in [0.25, 0.3) is 11.1 Å². The van der Waals surface area contributed by atoms with Crippen LogP contribution in [0.2, 0.25) is 0 Å². The molecule has 0 nitrogen and oxygen atoms in total. The highest BCUT2D eigenvalue weighted by atomic mass is 79.9. The second kappa shape index (κ2) is 4.53. The van der Waals surface area contributed by atoms with Crippen molar-refractivity contribution in [3.8, 4) is 11.1 Å². The molecule has 0 fully saturated rings. The molecule has 0 unspecified atom stereocenters. The first-order valence-electron chi connectivity index (χ1n) is 4.83. The molecule has 0 saturated carbocycles. The van der Waals surface area contributed by atoms with Crippen LogP contribution >= 0.6 is 15.9 Å². The molecule has 0 aliphatic rings. The second-order valence-electron chi connectivity index (χ2n) is 3.44. The van der Waals surface area contributed by atoms with Gasteiger partial charge in [-0.1, -0.05) is 52.3 Å². The highest BCUT2D eigenvalue weighted by Gasteiger charge is 2.33. The van der Waals surface area contributed by atoms with Crippen molar-refractivity contribution in [1.29, 1.82) is 0 Å². The Hall–Kier alpha value is -1.29. The van der Waals surface area contributed by atoms with Crippen molar-refractivity contribution in [2.24, 2.45) is 0 Å². The van der Waals surface area contributed by atoms with Gasteiger partial charge in [-0.3, -0.25) is 0 Å². The molecule has 0 atom stereocenters. The standard InChI is InChI=1S/C13H7BrF3/c14-12-8-4-2-6-10(12)9-5-1-3-7-11(9)13(15,16)17/h1-6,8H. The maximum absolute atomic E-state index is 12.8. The largest absolute Gasteiger partial charge is 0.417 e. The molecule has 0 saturated heterocycles. The lowest BCUT2D eigenvalue weighted by Gasteiger charge is -2.13. The first-order valence-corrected chi connectivity index (χ1v) is 5.62. The quantitative estimate of drug-likeness (QED) is 0.700. The Morgan fingerprint density at radius 2 is 1.59 bits per heavy atom. The van der Waals surface area contributed by atoms with E-state index in [4.69, 9.17) is 0 Å². The maximum Gasteiger partial charge on any atom is 0.417 e. The van der Waals surface area contributed by atoms with Gasteiger partial charge in [0.25, 0.3) is 0 Å². The van der Waals surface area contributed by atoms with Crippen LogP contribution in [0.15, 0.2) is 46.9 Å². The van der Waals surface area contributed by atoms with Crippen LogP contribution < -0.4 is 0 Å². The molecule has 4 heteroatoms. The van der Waals surface area contributed by atoms with E-state index in [0.29, 0.717) is 10.0 Å². The SMILES string of the molecule is FC(F)(F)c1[c]cccc1-c1ccccc1Br. The Bertz CT molecular complexity index is 532. The van der Waals surface area contributed by atoms with E-state index in [1.807, 2.05) is 0 Å². The predicted molar refractivity (Wildman–Crippen MR) is 63.4 cm³/mol. The molecule has 0 spiro atoms. The van der Waals surface area contributed by atoms with Gasteiger partial charge in [0.05, 0.1) is 5.56 Å². The van der Waals surface area contributed by atoms with E-state index in [1.54, 1.807) is 30.3 Å². The van der Waals surface area contributed by atoms with Gasteiger partial charge in [-0.15, -0.1) is 0 Å². The van der Waals surface area contributed by atoms with Crippen molar-refractivity contribution < 1.29 is 13.2 Å². The minimum Gasteiger partial charge on any atom is -0.166 e. The van der Waals surface area contributed by atoms with E-state index in [-0.39, 0.29) is 5.56 Å². The van der Waals surface area contributed by atoms with Gasteiger partial charge in [0.1, 0.15) is 0 Å². The van der Waals surface area contributed by atoms with Crippen LogP contribution in [-0.4, -0.2) is 0 Å². The molecule has 0 aromatic heterocycles. The summed E-state index contributed by atoms with van der Waals surface area (Å²) in [7, 11) is 0. The third-order valence-corrected chi connectivity index (χ3v) is 3.00. The third-order valence-electron chi connectivity index (χ3n) is 2.30. The Morgan fingerprint density at radius 1 is 0.941 bits per heavy atom. The summed E-state index contributed by atoms with van der Waals surface area (Å²) in [5.74, 6) is 0. The zero-order chi connectivity index (χ0) is 12.5. The summed E-state index contributed by atoms with van der Waals surface area (Å²) in [6.07, 6.45) is -4.40. The molecule has 0 aliphatic carbocycles. The summed E-state index contributed by atoms with van der Waals surface area (Å²) >= 11 is 3.25.